The van der Waals surface area contributed by atoms with Crippen LogP contribution in [0.15, 0.2) is 48.5 Å². The summed E-state index contributed by atoms with van der Waals surface area (Å²) in [6.07, 6.45) is 0. The second-order valence-corrected chi connectivity index (χ2v) is 5.51. The van der Waals surface area contributed by atoms with Crippen molar-refractivity contribution in [2.75, 3.05) is 16.8 Å². The predicted molar refractivity (Wildman–Crippen MR) is 89.6 cm³/mol. The van der Waals surface area contributed by atoms with E-state index in [0.717, 1.165) is 0 Å². The number of carbonyl (C=O) groups is 2. The number of hydrogen-bond donors (Lipinski definition) is 1. The lowest BCUT2D eigenvalue weighted by Crippen LogP contribution is -2.36. The Bertz CT molecular complexity index is 670. The summed E-state index contributed by atoms with van der Waals surface area (Å²) < 4.78 is 0. The summed E-state index contributed by atoms with van der Waals surface area (Å²) >= 11 is 11.6. The Morgan fingerprint density at radius 2 is 1.45 bits per heavy atom. The number of carbonyl (C=O) groups excluding carboxylic acids is 2. The molecule has 2 aromatic carbocycles. The zero-order valence-corrected chi connectivity index (χ0v) is 13.4. The monoisotopic (exact) mass is 336 g/mol. The van der Waals surface area contributed by atoms with Gasteiger partial charge in [0.15, 0.2) is 0 Å². The second-order valence-electron chi connectivity index (χ2n) is 4.64. The highest BCUT2D eigenvalue weighted by atomic mass is 35.5. The third kappa shape index (κ3) is 4.48. The van der Waals surface area contributed by atoms with Crippen molar-refractivity contribution in [1.82, 2.24) is 0 Å². The highest BCUT2D eigenvalue weighted by Crippen LogP contribution is 2.18. The molecule has 0 bridgehead atoms. The maximum atomic E-state index is 12.1. The van der Waals surface area contributed by atoms with Crippen molar-refractivity contribution in [3.8, 4) is 0 Å². The van der Waals surface area contributed by atoms with E-state index in [1.807, 2.05) is 0 Å². The van der Waals surface area contributed by atoms with Crippen LogP contribution < -0.4 is 10.2 Å². The van der Waals surface area contributed by atoms with Gasteiger partial charge in [0.2, 0.25) is 11.8 Å². The summed E-state index contributed by atoms with van der Waals surface area (Å²) in [6, 6.07) is 13.5. The molecule has 0 aliphatic rings. The van der Waals surface area contributed by atoms with Gasteiger partial charge in [-0.3, -0.25) is 9.59 Å². The van der Waals surface area contributed by atoms with E-state index in [0.29, 0.717) is 21.4 Å². The molecule has 1 N–H and O–H groups in total. The predicted octanol–water partition coefficient (Wildman–Crippen LogP) is 3.99. The molecule has 0 aliphatic carbocycles. The Balaban J connectivity index is 2.07. The highest BCUT2D eigenvalue weighted by Gasteiger charge is 2.15. The lowest BCUT2D eigenvalue weighted by Gasteiger charge is -2.20. The second kappa shape index (κ2) is 7.29. The largest absolute Gasteiger partial charge is 0.325 e. The molecule has 4 nitrogen and oxygen atoms in total. The molecule has 0 aliphatic heterocycles. The Morgan fingerprint density at radius 1 is 0.955 bits per heavy atom. The minimum atomic E-state index is -0.299. The molecular weight excluding hydrogens is 323 g/mol. The van der Waals surface area contributed by atoms with Gasteiger partial charge in [-0.05, 0) is 48.5 Å². The fraction of sp³-hybridized carbons (Fsp3) is 0.125. The third-order valence-electron chi connectivity index (χ3n) is 2.95. The Morgan fingerprint density at radius 3 is 1.95 bits per heavy atom. The zero-order chi connectivity index (χ0) is 16.1. The van der Waals surface area contributed by atoms with E-state index >= 15 is 0 Å². The fourth-order valence-corrected chi connectivity index (χ4v) is 2.13. The number of anilines is 2. The number of hydrogen-bond acceptors (Lipinski definition) is 2. The van der Waals surface area contributed by atoms with Crippen LogP contribution in [0.3, 0.4) is 0 Å². The lowest BCUT2D eigenvalue weighted by molar-refractivity contribution is -0.120. The van der Waals surface area contributed by atoms with E-state index in [2.05, 4.69) is 5.32 Å². The molecular formula is C16H14Cl2N2O2. The Hall–Kier alpha value is -2.04. The van der Waals surface area contributed by atoms with Crippen molar-refractivity contribution >= 4 is 46.4 Å². The molecule has 0 spiro atoms. The summed E-state index contributed by atoms with van der Waals surface area (Å²) in [7, 11) is 0. The summed E-state index contributed by atoms with van der Waals surface area (Å²) in [5.41, 5.74) is 1.23. The number of benzene rings is 2. The molecule has 0 aromatic heterocycles. The molecule has 2 amide bonds. The van der Waals surface area contributed by atoms with Gasteiger partial charge in [-0.2, -0.15) is 0 Å². The minimum Gasteiger partial charge on any atom is -0.325 e. The van der Waals surface area contributed by atoms with Crippen LogP contribution in [0.2, 0.25) is 10.0 Å². The van der Waals surface area contributed by atoms with Crippen LogP contribution in [0, 0.1) is 0 Å². The van der Waals surface area contributed by atoms with E-state index in [1.54, 1.807) is 48.5 Å². The number of rotatable bonds is 4. The average molecular weight is 337 g/mol. The van der Waals surface area contributed by atoms with Crippen LogP contribution in [0.4, 0.5) is 11.4 Å². The van der Waals surface area contributed by atoms with Gasteiger partial charge in [0.1, 0.15) is 6.54 Å². The van der Waals surface area contributed by atoms with Crippen LogP contribution in [0.5, 0.6) is 0 Å². The van der Waals surface area contributed by atoms with E-state index in [9.17, 15) is 9.59 Å². The van der Waals surface area contributed by atoms with E-state index in [-0.39, 0.29) is 18.4 Å². The standard InChI is InChI=1S/C16H14Cl2N2O2/c1-11(21)20(15-8-4-13(18)5-9-15)10-16(22)19-14-6-2-12(17)3-7-14/h2-9H,10H2,1H3,(H,19,22). The number of nitrogens with one attached hydrogen (secondary N) is 1. The van der Waals surface area contributed by atoms with E-state index in [4.69, 9.17) is 23.2 Å². The van der Waals surface area contributed by atoms with Crippen LogP contribution in [0.1, 0.15) is 6.92 Å². The van der Waals surface area contributed by atoms with Gasteiger partial charge in [0.25, 0.3) is 0 Å². The molecule has 0 radical (unpaired) electrons. The molecule has 0 atom stereocenters. The van der Waals surface area contributed by atoms with Crippen LogP contribution >= 0.6 is 23.2 Å². The van der Waals surface area contributed by atoms with Crippen LogP contribution in [-0.2, 0) is 9.59 Å². The molecule has 2 rings (SSSR count). The summed E-state index contributed by atoms with van der Waals surface area (Å²) in [5, 5.41) is 3.87. The minimum absolute atomic E-state index is 0.0837. The quantitative estimate of drug-likeness (QED) is 0.917. The van der Waals surface area contributed by atoms with Crippen LogP contribution in [-0.4, -0.2) is 18.4 Å². The van der Waals surface area contributed by atoms with Gasteiger partial charge < -0.3 is 10.2 Å². The fourth-order valence-electron chi connectivity index (χ4n) is 1.88. The number of nitrogens with zero attached hydrogens (tertiary/aromatic N) is 1. The van der Waals surface area contributed by atoms with Crippen molar-refractivity contribution in [2.45, 2.75) is 6.92 Å². The first-order chi connectivity index (χ1) is 10.5. The first-order valence-corrected chi connectivity index (χ1v) is 7.30. The van der Waals surface area contributed by atoms with Crippen molar-refractivity contribution in [3.05, 3.63) is 58.6 Å². The number of amides is 2. The van der Waals surface area contributed by atoms with Gasteiger partial charge in [-0.1, -0.05) is 23.2 Å². The van der Waals surface area contributed by atoms with Gasteiger partial charge in [0.05, 0.1) is 0 Å². The topological polar surface area (TPSA) is 49.4 Å². The summed E-state index contributed by atoms with van der Waals surface area (Å²) in [5.74, 6) is -0.527. The third-order valence-corrected chi connectivity index (χ3v) is 3.45. The maximum absolute atomic E-state index is 12.1. The molecule has 0 unspecified atom stereocenters. The first kappa shape index (κ1) is 16.3. The molecule has 0 heterocycles. The van der Waals surface area contributed by atoms with Gasteiger partial charge in [-0.25, -0.2) is 0 Å². The lowest BCUT2D eigenvalue weighted by atomic mass is 10.2. The van der Waals surface area contributed by atoms with Crippen molar-refractivity contribution < 1.29 is 9.59 Å². The Labute approximate surface area is 138 Å². The molecule has 114 valence electrons. The van der Waals surface area contributed by atoms with Gasteiger partial charge >= 0.3 is 0 Å². The first-order valence-electron chi connectivity index (χ1n) is 6.55. The zero-order valence-electron chi connectivity index (χ0n) is 11.8. The highest BCUT2D eigenvalue weighted by molar-refractivity contribution is 6.31. The summed E-state index contributed by atoms with van der Waals surface area (Å²) in [6.45, 7) is 1.32. The van der Waals surface area contributed by atoms with Crippen molar-refractivity contribution in [2.24, 2.45) is 0 Å². The smallest absolute Gasteiger partial charge is 0.244 e. The maximum Gasteiger partial charge on any atom is 0.244 e. The van der Waals surface area contributed by atoms with Gasteiger partial charge in [0, 0.05) is 28.3 Å². The average Bonchev–Trinajstić information content (AvgIpc) is 2.48. The molecule has 0 saturated heterocycles. The van der Waals surface area contributed by atoms with Crippen molar-refractivity contribution in [1.29, 1.82) is 0 Å². The SMILES string of the molecule is CC(=O)N(CC(=O)Nc1ccc(Cl)cc1)c1ccc(Cl)cc1. The van der Waals surface area contributed by atoms with Gasteiger partial charge in [-0.15, -0.1) is 0 Å². The van der Waals surface area contributed by atoms with E-state index in [1.165, 1.54) is 11.8 Å². The normalized spacial score (nSPS) is 10.1. The molecule has 6 heteroatoms. The molecule has 0 fully saturated rings. The van der Waals surface area contributed by atoms with E-state index < -0.39 is 0 Å². The number of halogens is 2. The molecule has 2 aromatic rings. The van der Waals surface area contributed by atoms with Crippen LogP contribution in [0.25, 0.3) is 0 Å². The van der Waals surface area contributed by atoms with Crippen molar-refractivity contribution in [3.63, 3.8) is 0 Å². The Kier molecular flexibility index (Phi) is 5.41. The summed E-state index contributed by atoms with van der Waals surface area (Å²) in [4.78, 5) is 25.2. The molecule has 22 heavy (non-hydrogen) atoms. The molecule has 0 saturated carbocycles.